The monoisotopic (exact) mass is 283 g/mol. The van der Waals surface area contributed by atoms with Gasteiger partial charge in [-0.25, -0.2) is 4.39 Å². The number of ether oxygens (including phenoxy) is 1. The van der Waals surface area contributed by atoms with Crippen molar-refractivity contribution in [1.29, 1.82) is 0 Å². The Morgan fingerprint density at radius 3 is 2.62 bits per heavy atom. The van der Waals surface area contributed by atoms with Gasteiger partial charge in [0, 0.05) is 18.3 Å². The number of hydrogen-bond donors (Lipinski definition) is 0. The number of benzene rings is 2. The largest absolute Gasteiger partial charge is 0.489 e. The van der Waals surface area contributed by atoms with E-state index >= 15 is 0 Å². The second-order valence-corrected chi connectivity index (χ2v) is 4.76. The van der Waals surface area contributed by atoms with Crippen molar-refractivity contribution in [2.75, 3.05) is 11.4 Å². The molecule has 3 rings (SSSR count). The van der Waals surface area contributed by atoms with Crippen LogP contribution in [0.15, 0.2) is 60.7 Å². The van der Waals surface area contributed by atoms with E-state index < -0.39 is 0 Å². The van der Waals surface area contributed by atoms with E-state index in [0.717, 1.165) is 11.3 Å². The lowest BCUT2D eigenvalue weighted by Gasteiger charge is -2.16. The highest BCUT2D eigenvalue weighted by molar-refractivity contribution is 6.04. The highest BCUT2D eigenvalue weighted by atomic mass is 19.1. The predicted octanol–water partition coefficient (Wildman–Crippen LogP) is 3.31. The van der Waals surface area contributed by atoms with Gasteiger partial charge in [-0.3, -0.25) is 4.79 Å². The lowest BCUT2D eigenvalue weighted by atomic mass is 10.2. The van der Waals surface area contributed by atoms with Crippen LogP contribution in [0.2, 0.25) is 0 Å². The van der Waals surface area contributed by atoms with E-state index in [1.165, 1.54) is 12.1 Å². The molecule has 2 aromatic rings. The summed E-state index contributed by atoms with van der Waals surface area (Å²) in [6, 6.07) is 13.6. The number of nitrogens with zero attached hydrogens (tertiary/aromatic N) is 1. The van der Waals surface area contributed by atoms with E-state index in [-0.39, 0.29) is 11.7 Å². The van der Waals surface area contributed by atoms with Crippen LogP contribution in [0.3, 0.4) is 0 Å². The third kappa shape index (κ3) is 3.11. The third-order valence-electron chi connectivity index (χ3n) is 3.26. The number of rotatable bonds is 4. The van der Waals surface area contributed by atoms with Gasteiger partial charge in [-0.1, -0.05) is 18.2 Å². The van der Waals surface area contributed by atoms with E-state index in [2.05, 4.69) is 0 Å². The first-order valence-electron chi connectivity index (χ1n) is 6.68. The van der Waals surface area contributed by atoms with Gasteiger partial charge in [0.15, 0.2) is 0 Å². The molecule has 0 unspecified atom stereocenters. The Hall–Kier alpha value is -2.62. The zero-order valence-electron chi connectivity index (χ0n) is 11.3. The molecule has 3 nitrogen and oxygen atoms in total. The van der Waals surface area contributed by atoms with Gasteiger partial charge in [0.1, 0.15) is 18.2 Å². The summed E-state index contributed by atoms with van der Waals surface area (Å²) in [5.41, 5.74) is 1.61. The number of hydrogen-bond acceptors (Lipinski definition) is 2. The molecular formula is C17H14FNO2. The molecule has 21 heavy (non-hydrogen) atoms. The van der Waals surface area contributed by atoms with Crippen molar-refractivity contribution in [2.45, 2.75) is 6.61 Å². The van der Waals surface area contributed by atoms with Gasteiger partial charge in [0.2, 0.25) is 0 Å². The van der Waals surface area contributed by atoms with Crippen molar-refractivity contribution >= 4 is 11.6 Å². The fourth-order valence-electron chi connectivity index (χ4n) is 2.19. The molecule has 0 aromatic heterocycles. The summed E-state index contributed by atoms with van der Waals surface area (Å²) in [6.45, 7) is 0.906. The third-order valence-corrected chi connectivity index (χ3v) is 3.26. The molecule has 1 heterocycles. The first kappa shape index (κ1) is 13.4. The quantitative estimate of drug-likeness (QED) is 0.861. The Balaban J connectivity index is 1.63. The molecular weight excluding hydrogens is 269 g/mol. The maximum absolute atomic E-state index is 13.1. The van der Waals surface area contributed by atoms with Crippen LogP contribution in [0, 0.1) is 5.82 Å². The topological polar surface area (TPSA) is 29.5 Å². The lowest BCUT2D eigenvalue weighted by molar-refractivity contribution is -0.113. The molecule has 0 atom stereocenters. The summed E-state index contributed by atoms with van der Waals surface area (Å²) >= 11 is 0. The Labute approximate surface area is 122 Å². The summed E-state index contributed by atoms with van der Waals surface area (Å²) in [4.78, 5) is 13.3. The molecule has 0 saturated heterocycles. The molecule has 1 aliphatic heterocycles. The van der Waals surface area contributed by atoms with Gasteiger partial charge in [0.25, 0.3) is 5.91 Å². The van der Waals surface area contributed by atoms with Crippen LogP contribution in [0.1, 0.15) is 5.56 Å². The first-order valence-corrected chi connectivity index (χ1v) is 6.68. The average molecular weight is 283 g/mol. The smallest absolute Gasteiger partial charge is 0.251 e. The second-order valence-electron chi connectivity index (χ2n) is 4.76. The number of amides is 1. The Bertz CT molecular complexity index is 679. The van der Waals surface area contributed by atoms with E-state index in [0.29, 0.717) is 18.9 Å². The van der Waals surface area contributed by atoms with Crippen LogP contribution in [-0.2, 0) is 11.4 Å². The number of anilines is 1. The minimum absolute atomic E-state index is 0.0107. The summed E-state index contributed by atoms with van der Waals surface area (Å²) < 4.78 is 18.7. The van der Waals surface area contributed by atoms with Gasteiger partial charge in [-0.2, -0.15) is 0 Å². The van der Waals surface area contributed by atoms with Crippen molar-refractivity contribution in [2.24, 2.45) is 0 Å². The molecule has 0 spiro atoms. The Morgan fingerprint density at radius 1 is 1.14 bits per heavy atom. The molecule has 2 aromatic carbocycles. The van der Waals surface area contributed by atoms with Crippen LogP contribution < -0.4 is 9.64 Å². The number of carbonyl (C=O) groups is 1. The summed E-state index contributed by atoms with van der Waals surface area (Å²) in [5.74, 6) is 0.400. The van der Waals surface area contributed by atoms with Gasteiger partial charge in [0.05, 0.1) is 0 Å². The SMILES string of the molecule is O=C1C=CCN1c1ccc(OCc2cccc(F)c2)cc1. The standard InChI is InChI=1S/C17H14FNO2/c18-14-4-1-3-13(11-14)12-21-16-8-6-15(7-9-16)19-10-2-5-17(19)20/h1-9,11H,10,12H2. The zero-order chi connectivity index (χ0) is 14.7. The highest BCUT2D eigenvalue weighted by Crippen LogP contribution is 2.22. The van der Waals surface area contributed by atoms with E-state index in [1.807, 2.05) is 24.3 Å². The van der Waals surface area contributed by atoms with Crippen LogP contribution in [0.25, 0.3) is 0 Å². The molecule has 106 valence electrons. The molecule has 0 bridgehead atoms. The molecule has 0 fully saturated rings. The van der Waals surface area contributed by atoms with Crippen LogP contribution in [0.4, 0.5) is 10.1 Å². The van der Waals surface area contributed by atoms with Gasteiger partial charge < -0.3 is 9.64 Å². The fourth-order valence-corrected chi connectivity index (χ4v) is 2.19. The normalized spacial score (nSPS) is 13.8. The predicted molar refractivity (Wildman–Crippen MR) is 78.7 cm³/mol. The lowest BCUT2D eigenvalue weighted by Crippen LogP contribution is -2.24. The highest BCUT2D eigenvalue weighted by Gasteiger charge is 2.16. The maximum atomic E-state index is 13.1. The minimum atomic E-state index is -0.272. The fraction of sp³-hybridized carbons (Fsp3) is 0.118. The van der Waals surface area contributed by atoms with E-state index in [4.69, 9.17) is 4.74 Å². The van der Waals surface area contributed by atoms with Crippen molar-refractivity contribution in [1.82, 2.24) is 0 Å². The Kier molecular flexibility index (Phi) is 3.69. The molecule has 0 N–H and O–H groups in total. The minimum Gasteiger partial charge on any atom is -0.489 e. The van der Waals surface area contributed by atoms with Crippen LogP contribution in [0.5, 0.6) is 5.75 Å². The van der Waals surface area contributed by atoms with Gasteiger partial charge >= 0.3 is 0 Å². The molecule has 0 aliphatic carbocycles. The van der Waals surface area contributed by atoms with E-state index in [9.17, 15) is 9.18 Å². The van der Waals surface area contributed by atoms with Crippen molar-refractivity contribution in [3.63, 3.8) is 0 Å². The van der Waals surface area contributed by atoms with Gasteiger partial charge in [-0.05, 0) is 42.0 Å². The second kappa shape index (κ2) is 5.79. The van der Waals surface area contributed by atoms with Crippen molar-refractivity contribution in [3.05, 3.63) is 72.1 Å². The van der Waals surface area contributed by atoms with E-state index in [1.54, 1.807) is 29.2 Å². The molecule has 4 heteroatoms. The molecule has 0 radical (unpaired) electrons. The summed E-state index contributed by atoms with van der Waals surface area (Å²) in [6.07, 6.45) is 3.39. The number of halogens is 1. The zero-order valence-corrected chi connectivity index (χ0v) is 11.3. The summed E-state index contributed by atoms with van der Waals surface area (Å²) in [7, 11) is 0. The maximum Gasteiger partial charge on any atom is 0.251 e. The molecule has 0 saturated carbocycles. The first-order chi connectivity index (χ1) is 10.2. The molecule has 1 amide bonds. The van der Waals surface area contributed by atoms with Crippen molar-refractivity contribution in [3.8, 4) is 5.75 Å². The van der Waals surface area contributed by atoms with Gasteiger partial charge in [-0.15, -0.1) is 0 Å². The summed E-state index contributed by atoms with van der Waals surface area (Å²) in [5, 5.41) is 0. The Morgan fingerprint density at radius 2 is 1.95 bits per heavy atom. The van der Waals surface area contributed by atoms with Crippen LogP contribution in [-0.4, -0.2) is 12.5 Å². The van der Waals surface area contributed by atoms with Crippen LogP contribution >= 0.6 is 0 Å². The average Bonchev–Trinajstić information content (AvgIpc) is 2.92. The van der Waals surface area contributed by atoms with Crippen molar-refractivity contribution < 1.29 is 13.9 Å². The molecule has 1 aliphatic rings. The number of carbonyl (C=O) groups excluding carboxylic acids is 1.